The molecule has 2 aromatic rings. The van der Waals surface area contributed by atoms with Crippen molar-refractivity contribution in [2.45, 2.75) is 51.4 Å². The summed E-state index contributed by atoms with van der Waals surface area (Å²) in [6.07, 6.45) is 2.34. The fraction of sp³-hybridized carbons (Fsp3) is 0.444. The number of phenols is 1. The van der Waals surface area contributed by atoms with E-state index in [0.29, 0.717) is 17.1 Å². The third-order valence-corrected chi connectivity index (χ3v) is 6.53. The van der Waals surface area contributed by atoms with Gasteiger partial charge in [0.25, 0.3) is 0 Å². The van der Waals surface area contributed by atoms with Crippen LogP contribution >= 0.6 is 11.8 Å². The summed E-state index contributed by atoms with van der Waals surface area (Å²) in [5.74, 6) is -0.989. The van der Waals surface area contributed by atoms with Crippen LogP contribution in [0.5, 0.6) is 11.5 Å². The Kier molecular flexibility index (Phi) is 12.2. The summed E-state index contributed by atoms with van der Waals surface area (Å²) in [5, 5.41) is 28.3. The molecule has 0 spiro atoms. The van der Waals surface area contributed by atoms with E-state index >= 15 is 0 Å². The monoisotopic (exact) mass is 531 g/mol. The number of rotatable bonds is 15. The van der Waals surface area contributed by atoms with Crippen molar-refractivity contribution >= 4 is 29.5 Å². The van der Waals surface area contributed by atoms with Gasteiger partial charge in [-0.15, -0.1) is 0 Å². The van der Waals surface area contributed by atoms with Gasteiger partial charge < -0.3 is 30.9 Å². The summed E-state index contributed by atoms with van der Waals surface area (Å²) in [6, 6.07) is 11.4. The lowest BCUT2D eigenvalue weighted by Crippen LogP contribution is -2.56. The number of hydrogen-bond acceptors (Lipinski definition) is 7. The Hall–Kier alpha value is -3.24. The van der Waals surface area contributed by atoms with Crippen molar-refractivity contribution < 1.29 is 29.3 Å². The minimum atomic E-state index is -1.12. The summed E-state index contributed by atoms with van der Waals surface area (Å²) < 4.78 is 5.21. The number of hydrogen-bond donors (Lipinski definition) is 5. The molecular formula is C27H37N3O6S. The lowest BCUT2D eigenvalue weighted by molar-refractivity contribution is -0.142. The van der Waals surface area contributed by atoms with Crippen LogP contribution in [0.15, 0.2) is 48.5 Å². The number of aliphatic carboxylic acids is 1. The lowest BCUT2D eigenvalue weighted by atomic mass is 10.00. The van der Waals surface area contributed by atoms with Gasteiger partial charge in [0.05, 0.1) is 13.2 Å². The van der Waals surface area contributed by atoms with Gasteiger partial charge in [-0.05, 0) is 48.1 Å². The smallest absolute Gasteiger partial charge is 0.326 e. The van der Waals surface area contributed by atoms with Gasteiger partial charge in [-0.1, -0.05) is 44.2 Å². The molecule has 0 fully saturated rings. The van der Waals surface area contributed by atoms with Crippen molar-refractivity contribution in [3.05, 3.63) is 59.7 Å². The van der Waals surface area contributed by atoms with Crippen LogP contribution in [0.3, 0.4) is 0 Å². The Balaban J connectivity index is 2.19. The van der Waals surface area contributed by atoms with E-state index in [2.05, 4.69) is 16.0 Å². The van der Waals surface area contributed by atoms with Gasteiger partial charge in [0.15, 0.2) is 0 Å². The Morgan fingerprint density at radius 3 is 2.27 bits per heavy atom. The summed E-state index contributed by atoms with van der Waals surface area (Å²) in [7, 11) is 1.53. The molecule has 0 heterocycles. The average molecular weight is 532 g/mol. The molecule has 0 bridgehead atoms. The number of carbonyl (C=O) groups is 3. The highest BCUT2D eigenvalue weighted by atomic mass is 32.2. The van der Waals surface area contributed by atoms with Gasteiger partial charge in [-0.3, -0.25) is 9.59 Å². The number of carbonyl (C=O) groups excluding carboxylic acids is 2. The van der Waals surface area contributed by atoms with Crippen LogP contribution < -0.4 is 20.7 Å². The third kappa shape index (κ3) is 9.62. The molecule has 0 radical (unpaired) electrons. The maximum Gasteiger partial charge on any atom is 0.326 e. The Morgan fingerprint density at radius 1 is 1.00 bits per heavy atom. The van der Waals surface area contributed by atoms with E-state index in [4.69, 9.17) is 4.74 Å². The molecule has 2 amide bonds. The second kappa shape index (κ2) is 15.1. The Morgan fingerprint density at radius 2 is 1.68 bits per heavy atom. The van der Waals surface area contributed by atoms with E-state index in [-0.39, 0.29) is 31.1 Å². The second-order valence-corrected chi connectivity index (χ2v) is 10.0. The number of carboxylic acids is 1. The molecule has 0 saturated carbocycles. The SMILES string of the molecule is COc1ccc(O)c(CN[C@H](C(=O)N[C@@H](Cc2ccccc2)C(=O)N[C@@H](CCSC)C(=O)O)C(C)C)c1. The summed E-state index contributed by atoms with van der Waals surface area (Å²) in [4.78, 5) is 38.2. The molecule has 9 nitrogen and oxygen atoms in total. The standard InChI is InChI=1S/C27H37N3O6S/c1-17(2)24(28-16-19-15-20(36-3)10-11-23(19)31)26(33)30-22(14-18-8-6-5-7-9-18)25(32)29-21(27(34)35)12-13-37-4/h5-11,15,17,21-22,24,28,31H,12-14,16H2,1-4H3,(H,29,32)(H,30,33)(H,34,35)/t21-,22-,24-/m0/s1. The van der Waals surface area contributed by atoms with Crippen LogP contribution in [0.25, 0.3) is 0 Å². The van der Waals surface area contributed by atoms with E-state index in [0.717, 1.165) is 5.56 Å². The zero-order valence-electron chi connectivity index (χ0n) is 21.7. The van der Waals surface area contributed by atoms with Crippen molar-refractivity contribution in [3.8, 4) is 11.5 Å². The number of amides is 2. The summed E-state index contributed by atoms with van der Waals surface area (Å²) in [5.41, 5.74) is 1.39. The van der Waals surface area contributed by atoms with Gasteiger partial charge in [-0.2, -0.15) is 11.8 Å². The highest BCUT2D eigenvalue weighted by molar-refractivity contribution is 7.98. The average Bonchev–Trinajstić information content (AvgIpc) is 2.87. The van der Waals surface area contributed by atoms with E-state index < -0.39 is 35.9 Å². The van der Waals surface area contributed by atoms with E-state index in [9.17, 15) is 24.6 Å². The van der Waals surface area contributed by atoms with Crippen molar-refractivity contribution in [1.29, 1.82) is 0 Å². The topological polar surface area (TPSA) is 137 Å². The molecule has 0 aromatic heterocycles. The van der Waals surface area contributed by atoms with Crippen molar-refractivity contribution in [2.24, 2.45) is 5.92 Å². The first-order valence-corrected chi connectivity index (χ1v) is 13.5. The lowest BCUT2D eigenvalue weighted by Gasteiger charge is -2.26. The van der Waals surface area contributed by atoms with Gasteiger partial charge in [-0.25, -0.2) is 4.79 Å². The molecule has 3 atom stereocenters. The zero-order chi connectivity index (χ0) is 27.4. The Bertz CT molecular complexity index is 1030. The maximum atomic E-state index is 13.4. The molecule has 2 aromatic carbocycles. The van der Waals surface area contributed by atoms with Crippen LogP contribution in [0, 0.1) is 5.92 Å². The number of thioether (sulfide) groups is 1. The summed E-state index contributed by atoms with van der Waals surface area (Å²) >= 11 is 1.49. The zero-order valence-corrected chi connectivity index (χ0v) is 22.5. The Labute approximate surface area is 222 Å². The molecule has 5 N–H and O–H groups in total. The molecule has 0 aliphatic carbocycles. The van der Waals surface area contributed by atoms with Crippen LogP contribution in [-0.2, 0) is 27.3 Å². The molecule has 0 saturated heterocycles. The van der Waals surface area contributed by atoms with Crippen LogP contribution in [0.1, 0.15) is 31.4 Å². The molecule has 0 aliphatic rings. The molecule has 2 rings (SSSR count). The first-order chi connectivity index (χ1) is 17.7. The molecular weight excluding hydrogens is 494 g/mol. The normalized spacial score (nSPS) is 13.4. The fourth-order valence-corrected chi connectivity index (χ4v) is 4.24. The summed E-state index contributed by atoms with van der Waals surface area (Å²) in [6.45, 7) is 3.94. The minimum Gasteiger partial charge on any atom is -0.508 e. The fourth-order valence-electron chi connectivity index (χ4n) is 3.77. The number of benzene rings is 2. The third-order valence-electron chi connectivity index (χ3n) is 5.89. The van der Waals surface area contributed by atoms with Gasteiger partial charge in [0, 0.05) is 18.5 Å². The van der Waals surface area contributed by atoms with E-state index in [1.165, 1.54) is 24.9 Å². The molecule has 0 aliphatic heterocycles. The second-order valence-electron chi connectivity index (χ2n) is 9.03. The number of phenolic OH excluding ortho intramolecular Hbond substituents is 1. The first-order valence-electron chi connectivity index (χ1n) is 12.1. The van der Waals surface area contributed by atoms with Crippen LogP contribution in [0.4, 0.5) is 0 Å². The van der Waals surface area contributed by atoms with Crippen LogP contribution in [-0.4, -0.2) is 65.2 Å². The largest absolute Gasteiger partial charge is 0.508 e. The van der Waals surface area contributed by atoms with Gasteiger partial charge in [0.1, 0.15) is 23.6 Å². The van der Waals surface area contributed by atoms with Crippen molar-refractivity contribution in [3.63, 3.8) is 0 Å². The predicted molar refractivity (Wildman–Crippen MR) is 145 cm³/mol. The quantitative estimate of drug-likeness (QED) is 0.237. The number of ether oxygens (including phenoxy) is 1. The number of nitrogens with one attached hydrogen (secondary N) is 3. The van der Waals surface area contributed by atoms with Gasteiger partial charge >= 0.3 is 5.97 Å². The molecule has 10 heteroatoms. The highest BCUT2D eigenvalue weighted by Crippen LogP contribution is 2.23. The number of methoxy groups -OCH3 is 1. The predicted octanol–water partition coefficient (Wildman–Crippen LogP) is 2.57. The molecule has 202 valence electrons. The minimum absolute atomic E-state index is 0.0718. The van der Waals surface area contributed by atoms with Crippen LogP contribution in [0.2, 0.25) is 0 Å². The number of carboxylic acid groups (broad SMARTS) is 1. The highest BCUT2D eigenvalue weighted by Gasteiger charge is 2.30. The first kappa shape index (κ1) is 30.0. The molecule has 0 unspecified atom stereocenters. The number of aromatic hydroxyl groups is 1. The van der Waals surface area contributed by atoms with Crippen molar-refractivity contribution in [1.82, 2.24) is 16.0 Å². The van der Waals surface area contributed by atoms with Gasteiger partial charge in [0.2, 0.25) is 11.8 Å². The van der Waals surface area contributed by atoms with Crippen molar-refractivity contribution in [2.75, 3.05) is 19.1 Å². The maximum absolute atomic E-state index is 13.4. The molecule has 37 heavy (non-hydrogen) atoms. The van der Waals surface area contributed by atoms with E-state index in [1.54, 1.807) is 12.1 Å². The van der Waals surface area contributed by atoms with E-state index in [1.807, 2.05) is 50.4 Å².